The van der Waals surface area contributed by atoms with E-state index >= 15 is 0 Å². The van der Waals surface area contributed by atoms with E-state index in [1.807, 2.05) is 20.8 Å². The minimum atomic E-state index is -1.56. The number of aliphatic hydroxyl groups excluding tert-OH is 3. The number of hydrogen-bond acceptors (Lipinski definition) is 5. The Morgan fingerprint density at radius 1 is 1.29 bits per heavy atom. The van der Waals surface area contributed by atoms with E-state index in [0.717, 1.165) is 0 Å². The molecule has 17 heavy (non-hydrogen) atoms. The van der Waals surface area contributed by atoms with Crippen LogP contribution < -0.4 is 0 Å². The Labute approximate surface area is 99.8 Å². The highest BCUT2D eigenvalue weighted by molar-refractivity contribution is 5.71. The zero-order chi connectivity index (χ0) is 13.4. The van der Waals surface area contributed by atoms with Crippen molar-refractivity contribution in [1.82, 2.24) is 0 Å². The Morgan fingerprint density at radius 3 is 2.18 bits per heavy atom. The number of rotatable bonds is 2. The summed E-state index contributed by atoms with van der Waals surface area (Å²) in [6.45, 7) is 5.11. The minimum absolute atomic E-state index is 0.389. The largest absolute Gasteiger partial charge is 0.481 e. The quantitative estimate of drug-likeness (QED) is 0.521. The van der Waals surface area contributed by atoms with Crippen molar-refractivity contribution in [3.8, 4) is 0 Å². The van der Waals surface area contributed by atoms with E-state index in [9.17, 15) is 20.1 Å². The summed E-state index contributed by atoms with van der Waals surface area (Å²) in [6, 6.07) is 0. The molecule has 1 rings (SSSR count). The molecule has 1 aliphatic rings. The molecule has 5 atom stereocenters. The van der Waals surface area contributed by atoms with Gasteiger partial charge in [0.05, 0.1) is 18.8 Å². The van der Waals surface area contributed by atoms with Crippen LogP contribution in [0.1, 0.15) is 20.8 Å². The van der Waals surface area contributed by atoms with Gasteiger partial charge in [0.1, 0.15) is 5.92 Å². The van der Waals surface area contributed by atoms with Crippen molar-refractivity contribution in [3.63, 3.8) is 0 Å². The van der Waals surface area contributed by atoms with Crippen molar-refractivity contribution in [1.29, 1.82) is 0 Å². The van der Waals surface area contributed by atoms with E-state index in [0.29, 0.717) is 0 Å². The van der Waals surface area contributed by atoms with Crippen molar-refractivity contribution in [2.24, 2.45) is 17.3 Å². The van der Waals surface area contributed by atoms with Crippen LogP contribution in [-0.4, -0.2) is 51.5 Å². The van der Waals surface area contributed by atoms with E-state index in [4.69, 9.17) is 9.84 Å². The Balaban J connectivity index is 2.99. The number of aliphatic hydroxyl groups is 3. The second kappa shape index (κ2) is 4.89. The van der Waals surface area contributed by atoms with Gasteiger partial charge < -0.3 is 25.2 Å². The molecule has 0 aromatic rings. The van der Waals surface area contributed by atoms with Gasteiger partial charge in [0.25, 0.3) is 0 Å². The molecule has 4 N–H and O–H groups in total. The Bertz CT molecular complexity index is 284. The van der Waals surface area contributed by atoms with E-state index in [1.54, 1.807) is 0 Å². The van der Waals surface area contributed by atoms with Gasteiger partial charge in [-0.1, -0.05) is 20.8 Å². The van der Waals surface area contributed by atoms with Gasteiger partial charge >= 0.3 is 5.97 Å². The summed E-state index contributed by atoms with van der Waals surface area (Å²) in [7, 11) is 0. The first kappa shape index (κ1) is 14.4. The summed E-state index contributed by atoms with van der Waals surface area (Å²) in [6.07, 6.45) is -3.49. The fourth-order valence-corrected chi connectivity index (χ4v) is 2.27. The first-order valence-electron chi connectivity index (χ1n) is 5.55. The molecule has 6 nitrogen and oxygen atoms in total. The first-order chi connectivity index (χ1) is 7.70. The maximum Gasteiger partial charge on any atom is 0.314 e. The third-order valence-corrected chi connectivity index (χ3v) is 3.14. The monoisotopic (exact) mass is 248 g/mol. The standard InChI is InChI=1S/C11H20O6/c1-11(2,3)8-5(4-12)7(13)6(9(14)15)10(16)17-8/h5-8,10,12-13,16H,4H2,1-3H3,(H,14,15)/t5-,6-,7-,8?,10+/m1/s1. The number of carbonyl (C=O) groups is 1. The molecular weight excluding hydrogens is 228 g/mol. The van der Waals surface area contributed by atoms with Crippen molar-refractivity contribution >= 4 is 5.97 Å². The average molecular weight is 248 g/mol. The molecule has 100 valence electrons. The lowest BCUT2D eigenvalue weighted by molar-refractivity contribution is -0.272. The number of aliphatic carboxylic acids is 1. The number of carboxylic acids is 1. The highest BCUT2D eigenvalue weighted by atomic mass is 16.6. The van der Waals surface area contributed by atoms with Gasteiger partial charge in [-0.25, -0.2) is 0 Å². The molecule has 1 unspecified atom stereocenters. The summed E-state index contributed by atoms with van der Waals surface area (Å²) in [5.74, 6) is -3.49. The molecule has 6 heteroatoms. The van der Waals surface area contributed by atoms with E-state index < -0.39 is 41.7 Å². The second-order valence-corrected chi connectivity index (χ2v) is 5.51. The number of ether oxygens (including phenoxy) is 1. The van der Waals surface area contributed by atoms with Crippen LogP contribution in [0, 0.1) is 17.3 Å². The highest BCUT2D eigenvalue weighted by Gasteiger charge is 2.50. The molecule has 0 aromatic heterocycles. The lowest BCUT2D eigenvalue weighted by Crippen LogP contribution is -2.58. The summed E-state index contributed by atoms with van der Waals surface area (Å²) in [4.78, 5) is 10.9. The van der Waals surface area contributed by atoms with Gasteiger partial charge in [-0.15, -0.1) is 0 Å². The average Bonchev–Trinajstić information content (AvgIpc) is 2.14. The zero-order valence-corrected chi connectivity index (χ0v) is 10.2. The van der Waals surface area contributed by atoms with Crippen LogP contribution in [0.25, 0.3) is 0 Å². The molecular formula is C11H20O6. The van der Waals surface area contributed by atoms with Crippen LogP contribution in [-0.2, 0) is 9.53 Å². The topological polar surface area (TPSA) is 107 Å². The van der Waals surface area contributed by atoms with Crippen molar-refractivity contribution in [3.05, 3.63) is 0 Å². The molecule has 0 aromatic carbocycles. The summed E-state index contributed by atoms with van der Waals surface area (Å²) < 4.78 is 5.25. The highest BCUT2D eigenvalue weighted by Crippen LogP contribution is 2.38. The Hall–Kier alpha value is -0.690. The third-order valence-electron chi connectivity index (χ3n) is 3.14. The van der Waals surface area contributed by atoms with Gasteiger partial charge in [-0.3, -0.25) is 4.79 Å². The molecule has 1 aliphatic heterocycles. The van der Waals surface area contributed by atoms with E-state index in [1.165, 1.54) is 0 Å². The van der Waals surface area contributed by atoms with Crippen LogP contribution in [0.5, 0.6) is 0 Å². The van der Waals surface area contributed by atoms with Crippen LogP contribution in [0.2, 0.25) is 0 Å². The minimum Gasteiger partial charge on any atom is -0.481 e. The van der Waals surface area contributed by atoms with Crippen LogP contribution >= 0.6 is 0 Å². The molecule has 0 amide bonds. The number of carboxylic acid groups (broad SMARTS) is 1. The smallest absolute Gasteiger partial charge is 0.314 e. The van der Waals surface area contributed by atoms with Crippen molar-refractivity contribution in [2.45, 2.75) is 39.3 Å². The summed E-state index contributed by atoms with van der Waals surface area (Å²) in [5.41, 5.74) is -0.418. The summed E-state index contributed by atoms with van der Waals surface area (Å²) >= 11 is 0. The molecule has 0 saturated carbocycles. The molecule has 0 aliphatic carbocycles. The van der Waals surface area contributed by atoms with Crippen LogP contribution in [0.3, 0.4) is 0 Å². The predicted molar refractivity (Wildman–Crippen MR) is 58.0 cm³/mol. The van der Waals surface area contributed by atoms with Gasteiger partial charge in [-0.2, -0.15) is 0 Å². The Morgan fingerprint density at radius 2 is 1.82 bits per heavy atom. The van der Waals surface area contributed by atoms with Crippen LogP contribution in [0.4, 0.5) is 0 Å². The summed E-state index contributed by atoms with van der Waals surface area (Å²) in [5, 5.41) is 37.7. The van der Waals surface area contributed by atoms with Gasteiger partial charge in [0.2, 0.25) is 0 Å². The first-order valence-corrected chi connectivity index (χ1v) is 5.55. The maximum atomic E-state index is 10.9. The molecule has 1 heterocycles. The van der Waals surface area contributed by atoms with Gasteiger partial charge in [-0.05, 0) is 5.41 Å². The van der Waals surface area contributed by atoms with Gasteiger partial charge in [0, 0.05) is 5.92 Å². The van der Waals surface area contributed by atoms with Crippen molar-refractivity contribution in [2.75, 3.05) is 6.61 Å². The SMILES string of the molecule is CC(C)(C)C1O[C@H](O)[C@@H](C(=O)O)[C@H](O)[C@H]1CO. The lowest BCUT2D eigenvalue weighted by Gasteiger charge is -2.46. The fraction of sp³-hybridized carbons (Fsp3) is 0.909. The van der Waals surface area contributed by atoms with Crippen LogP contribution in [0.15, 0.2) is 0 Å². The van der Waals surface area contributed by atoms with E-state index in [2.05, 4.69) is 0 Å². The lowest BCUT2D eigenvalue weighted by atomic mass is 9.74. The zero-order valence-electron chi connectivity index (χ0n) is 10.2. The molecule has 0 radical (unpaired) electrons. The molecule has 1 saturated heterocycles. The van der Waals surface area contributed by atoms with Gasteiger partial charge in [0.15, 0.2) is 6.29 Å². The maximum absolute atomic E-state index is 10.9. The Kier molecular flexibility index (Phi) is 4.14. The van der Waals surface area contributed by atoms with Crippen molar-refractivity contribution < 1.29 is 30.0 Å². The number of hydrogen-bond donors (Lipinski definition) is 4. The predicted octanol–water partition coefficient (Wildman–Crippen LogP) is -0.580. The normalized spacial score (nSPS) is 39.1. The molecule has 0 spiro atoms. The second-order valence-electron chi connectivity index (χ2n) is 5.51. The van der Waals surface area contributed by atoms with E-state index in [-0.39, 0.29) is 6.61 Å². The third kappa shape index (κ3) is 2.77. The fourth-order valence-electron chi connectivity index (χ4n) is 2.27. The molecule has 0 bridgehead atoms. The molecule has 1 fully saturated rings.